The van der Waals surface area contributed by atoms with Gasteiger partial charge in [-0.15, -0.1) is 0 Å². The van der Waals surface area contributed by atoms with Crippen LogP contribution in [0.5, 0.6) is 11.5 Å². The van der Waals surface area contributed by atoms with Crippen LogP contribution in [0.4, 0.5) is 0 Å². The summed E-state index contributed by atoms with van der Waals surface area (Å²) in [6, 6.07) is 3.98. The van der Waals surface area contributed by atoms with E-state index in [4.69, 9.17) is 15.2 Å². The zero-order valence-electron chi connectivity index (χ0n) is 10.8. The third-order valence-electron chi connectivity index (χ3n) is 2.98. The molecule has 2 N–H and O–H groups in total. The maximum atomic E-state index is 5.66. The van der Waals surface area contributed by atoms with Crippen molar-refractivity contribution in [1.29, 1.82) is 0 Å². The first-order chi connectivity index (χ1) is 7.97. The van der Waals surface area contributed by atoms with Crippen LogP contribution in [0, 0.1) is 0 Å². The second-order valence-electron chi connectivity index (χ2n) is 4.59. The highest BCUT2D eigenvalue weighted by Crippen LogP contribution is 2.43. The van der Waals surface area contributed by atoms with E-state index in [0.29, 0.717) is 6.54 Å². The van der Waals surface area contributed by atoms with Crippen molar-refractivity contribution in [1.82, 2.24) is 0 Å². The maximum Gasteiger partial charge on any atom is 0.140 e. The summed E-state index contributed by atoms with van der Waals surface area (Å²) in [5.74, 6) is 1.59. The molecule has 0 unspecified atom stereocenters. The molecule has 0 radical (unpaired) electrons. The monoisotopic (exact) mass is 301 g/mol. The molecule has 3 nitrogen and oxygen atoms in total. The van der Waals surface area contributed by atoms with Crippen molar-refractivity contribution in [3.8, 4) is 11.5 Å². The van der Waals surface area contributed by atoms with E-state index in [1.54, 1.807) is 14.2 Å². The van der Waals surface area contributed by atoms with Crippen LogP contribution in [0.1, 0.15) is 25.8 Å². The van der Waals surface area contributed by atoms with Gasteiger partial charge in [0.05, 0.1) is 14.2 Å². The van der Waals surface area contributed by atoms with Gasteiger partial charge in [0.15, 0.2) is 0 Å². The second-order valence-corrected chi connectivity index (χ2v) is 5.38. The van der Waals surface area contributed by atoms with Gasteiger partial charge in [0.1, 0.15) is 16.0 Å². The van der Waals surface area contributed by atoms with Crippen molar-refractivity contribution in [3.63, 3.8) is 0 Å². The molecule has 0 aliphatic heterocycles. The first kappa shape index (κ1) is 14.3. The molecule has 4 heteroatoms. The number of benzene rings is 1. The molecule has 0 aromatic heterocycles. The maximum absolute atomic E-state index is 5.66. The Morgan fingerprint density at radius 3 is 2.35 bits per heavy atom. The molecular formula is C13H20BrNO2. The molecule has 0 fully saturated rings. The summed E-state index contributed by atoms with van der Waals surface area (Å²) in [5, 5.41) is 0. The van der Waals surface area contributed by atoms with E-state index in [0.717, 1.165) is 28.0 Å². The number of methoxy groups -OCH3 is 2. The Morgan fingerprint density at radius 2 is 1.88 bits per heavy atom. The lowest BCUT2D eigenvalue weighted by Crippen LogP contribution is -2.22. The fourth-order valence-electron chi connectivity index (χ4n) is 1.92. The van der Waals surface area contributed by atoms with E-state index in [-0.39, 0.29) is 5.41 Å². The average molecular weight is 302 g/mol. The summed E-state index contributed by atoms with van der Waals surface area (Å²) >= 11 is 3.51. The molecule has 0 amide bonds. The second kappa shape index (κ2) is 5.74. The molecule has 0 spiro atoms. The van der Waals surface area contributed by atoms with Gasteiger partial charge in [0.2, 0.25) is 0 Å². The van der Waals surface area contributed by atoms with Gasteiger partial charge in [0, 0.05) is 5.56 Å². The van der Waals surface area contributed by atoms with Gasteiger partial charge in [-0.3, -0.25) is 0 Å². The van der Waals surface area contributed by atoms with Crippen molar-refractivity contribution in [2.75, 3.05) is 20.8 Å². The minimum atomic E-state index is -0.0190. The third-order valence-corrected chi connectivity index (χ3v) is 3.74. The van der Waals surface area contributed by atoms with Crippen LogP contribution in [0.15, 0.2) is 16.6 Å². The van der Waals surface area contributed by atoms with Crippen molar-refractivity contribution in [2.45, 2.75) is 25.7 Å². The van der Waals surface area contributed by atoms with Crippen LogP contribution in [-0.4, -0.2) is 20.8 Å². The van der Waals surface area contributed by atoms with Gasteiger partial charge >= 0.3 is 0 Å². The van der Waals surface area contributed by atoms with Gasteiger partial charge in [0.25, 0.3) is 0 Å². The fraction of sp³-hybridized carbons (Fsp3) is 0.538. The summed E-state index contributed by atoms with van der Waals surface area (Å²) in [6.45, 7) is 4.98. The van der Waals surface area contributed by atoms with Crippen molar-refractivity contribution >= 4 is 15.9 Å². The zero-order valence-corrected chi connectivity index (χ0v) is 12.4. The molecule has 96 valence electrons. The molecule has 17 heavy (non-hydrogen) atoms. The molecule has 1 rings (SSSR count). The van der Waals surface area contributed by atoms with E-state index in [1.165, 1.54) is 0 Å². The summed E-state index contributed by atoms with van der Waals surface area (Å²) in [5.41, 5.74) is 6.78. The van der Waals surface area contributed by atoms with Crippen LogP contribution in [0.2, 0.25) is 0 Å². The van der Waals surface area contributed by atoms with E-state index in [9.17, 15) is 0 Å². The first-order valence-corrected chi connectivity index (χ1v) is 6.38. The molecule has 0 aliphatic rings. The van der Waals surface area contributed by atoms with Crippen LogP contribution in [0.25, 0.3) is 0 Å². The van der Waals surface area contributed by atoms with Crippen molar-refractivity contribution in [2.24, 2.45) is 5.73 Å². The highest BCUT2D eigenvalue weighted by molar-refractivity contribution is 9.10. The molecule has 0 saturated carbocycles. The lowest BCUT2D eigenvalue weighted by atomic mass is 9.81. The summed E-state index contributed by atoms with van der Waals surface area (Å²) < 4.78 is 11.6. The quantitative estimate of drug-likeness (QED) is 0.909. The Kier molecular flexibility index (Phi) is 4.83. The Hall–Kier alpha value is -0.740. The van der Waals surface area contributed by atoms with E-state index in [1.807, 2.05) is 12.1 Å². The third kappa shape index (κ3) is 2.93. The first-order valence-electron chi connectivity index (χ1n) is 5.59. The van der Waals surface area contributed by atoms with Crippen LogP contribution in [0.3, 0.4) is 0 Å². The fourth-order valence-corrected chi connectivity index (χ4v) is 2.59. The summed E-state index contributed by atoms with van der Waals surface area (Å²) in [4.78, 5) is 0. The number of nitrogens with two attached hydrogens (primary N) is 1. The minimum Gasteiger partial charge on any atom is -0.495 e. The predicted molar refractivity (Wildman–Crippen MR) is 73.9 cm³/mol. The number of ether oxygens (including phenoxy) is 2. The summed E-state index contributed by atoms with van der Waals surface area (Å²) in [6.07, 6.45) is 0.905. The van der Waals surface area contributed by atoms with Crippen LogP contribution < -0.4 is 15.2 Å². The summed E-state index contributed by atoms with van der Waals surface area (Å²) in [7, 11) is 3.31. The number of hydrogen-bond donors (Lipinski definition) is 1. The molecule has 0 saturated heterocycles. The van der Waals surface area contributed by atoms with Gasteiger partial charge in [-0.05, 0) is 40.4 Å². The lowest BCUT2D eigenvalue weighted by Gasteiger charge is -2.27. The molecule has 1 aromatic carbocycles. The Labute approximate surface area is 111 Å². The minimum absolute atomic E-state index is 0.0190. The van der Waals surface area contributed by atoms with E-state index >= 15 is 0 Å². The number of halogens is 1. The SMILES string of the molecule is COc1ccc(C(C)(C)CCN)c(OC)c1Br. The molecule has 0 bridgehead atoms. The molecule has 0 aliphatic carbocycles. The van der Waals surface area contributed by atoms with Gasteiger partial charge in [-0.1, -0.05) is 19.9 Å². The molecule has 0 heterocycles. The zero-order chi connectivity index (χ0) is 13.1. The van der Waals surface area contributed by atoms with Gasteiger partial charge < -0.3 is 15.2 Å². The normalized spacial score (nSPS) is 11.4. The van der Waals surface area contributed by atoms with Crippen molar-refractivity contribution in [3.05, 3.63) is 22.2 Å². The highest BCUT2D eigenvalue weighted by Gasteiger charge is 2.26. The number of hydrogen-bond acceptors (Lipinski definition) is 3. The van der Waals surface area contributed by atoms with Crippen molar-refractivity contribution < 1.29 is 9.47 Å². The van der Waals surface area contributed by atoms with Crippen LogP contribution in [-0.2, 0) is 5.41 Å². The Balaban J connectivity index is 3.30. The van der Waals surface area contributed by atoms with Gasteiger partial charge in [-0.25, -0.2) is 0 Å². The average Bonchev–Trinajstić information content (AvgIpc) is 2.28. The Morgan fingerprint density at radius 1 is 1.24 bits per heavy atom. The topological polar surface area (TPSA) is 44.5 Å². The largest absolute Gasteiger partial charge is 0.495 e. The molecule has 0 atom stereocenters. The smallest absolute Gasteiger partial charge is 0.140 e. The molecular weight excluding hydrogens is 282 g/mol. The van der Waals surface area contributed by atoms with Gasteiger partial charge in [-0.2, -0.15) is 0 Å². The standard InChI is InChI=1S/C13H20BrNO2/c1-13(2,7-8-15)9-5-6-10(16-3)11(14)12(9)17-4/h5-6H,7-8,15H2,1-4H3. The van der Waals surface area contributed by atoms with Crippen LogP contribution >= 0.6 is 15.9 Å². The highest BCUT2D eigenvalue weighted by atomic mass is 79.9. The number of rotatable bonds is 5. The van der Waals surface area contributed by atoms with E-state index < -0.39 is 0 Å². The lowest BCUT2D eigenvalue weighted by molar-refractivity contribution is 0.371. The molecule has 1 aromatic rings. The Bertz CT molecular complexity index is 391. The predicted octanol–water partition coefficient (Wildman–Crippen LogP) is 3.09. The van der Waals surface area contributed by atoms with E-state index in [2.05, 4.69) is 29.8 Å².